The highest BCUT2D eigenvalue weighted by Gasteiger charge is 2.11. The molecule has 2 aromatic carbocycles. The number of aromatic nitrogens is 1. The van der Waals surface area contributed by atoms with Crippen LogP contribution in [0, 0.1) is 6.92 Å². The van der Waals surface area contributed by atoms with Gasteiger partial charge in [0.2, 0.25) is 0 Å². The van der Waals surface area contributed by atoms with Gasteiger partial charge in [0, 0.05) is 29.6 Å². The molecule has 1 aromatic heterocycles. The molecule has 0 fully saturated rings. The van der Waals surface area contributed by atoms with Crippen LogP contribution in [0.15, 0.2) is 48.5 Å². The molecular weight excluding hydrogens is 274 g/mol. The van der Waals surface area contributed by atoms with Gasteiger partial charge < -0.3 is 9.67 Å². The Morgan fingerprint density at radius 3 is 2.45 bits per heavy atom. The van der Waals surface area contributed by atoms with Gasteiger partial charge in [-0.15, -0.1) is 0 Å². The van der Waals surface area contributed by atoms with Gasteiger partial charge in [0.25, 0.3) is 0 Å². The summed E-state index contributed by atoms with van der Waals surface area (Å²) in [5, 5.41) is 10.1. The van der Waals surface area contributed by atoms with Crippen LogP contribution in [-0.4, -0.2) is 15.6 Å². The second-order valence-corrected chi connectivity index (χ2v) is 5.62. The first-order chi connectivity index (χ1) is 10.6. The SMILES string of the molecule is CCn1c(Cc2ccc(C)cc2)cc2cc(C(=O)O)ccc21. The number of hydrogen-bond acceptors (Lipinski definition) is 1. The number of nitrogens with zero attached hydrogens (tertiary/aromatic N) is 1. The number of carbonyl (C=O) groups is 1. The van der Waals surface area contributed by atoms with E-state index in [9.17, 15) is 4.79 Å². The minimum Gasteiger partial charge on any atom is -0.478 e. The molecule has 0 aliphatic rings. The third-order valence-electron chi connectivity index (χ3n) is 4.06. The summed E-state index contributed by atoms with van der Waals surface area (Å²) in [6.07, 6.45) is 0.852. The van der Waals surface area contributed by atoms with Crippen molar-refractivity contribution in [2.45, 2.75) is 26.8 Å². The van der Waals surface area contributed by atoms with Crippen LogP contribution in [0.2, 0.25) is 0 Å². The predicted octanol–water partition coefficient (Wildman–Crippen LogP) is 4.26. The van der Waals surface area contributed by atoms with E-state index in [1.54, 1.807) is 12.1 Å². The second kappa shape index (κ2) is 5.68. The summed E-state index contributed by atoms with van der Waals surface area (Å²) >= 11 is 0. The minimum atomic E-state index is -0.883. The molecule has 0 atom stereocenters. The van der Waals surface area contributed by atoms with Crippen LogP contribution in [0.5, 0.6) is 0 Å². The fourth-order valence-corrected chi connectivity index (χ4v) is 2.90. The molecule has 3 nitrogen and oxygen atoms in total. The number of aryl methyl sites for hydroxylation is 2. The smallest absolute Gasteiger partial charge is 0.335 e. The quantitative estimate of drug-likeness (QED) is 0.781. The Kier molecular flexibility index (Phi) is 3.72. The van der Waals surface area contributed by atoms with Gasteiger partial charge in [-0.05, 0) is 43.7 Å². The van der Waals surface area contributed by atoms with E-state index >= 15 is 0 Å². The number of rotatable bonds is 4. The molecule has 0 unspecified atom stereocenters. The highest BCUT2D eigenvalue weighted by molar-refractivity contribution is 5.94. The molecule has 0 radical (unpaired) electrons. The van der Waals surface area contributed by atoms with Crippen molar-refractivity contribution in [1.29, 1.82) is 0 Å². The first-order valence-electron chi connectivity index (χ1n) is 7.49. The highest BCUT2D eigenvalue weighted by atomic mass is 16.4. The summed E-state index contributed by atoms with van der Waals surface area (Å²) in [6, 6.07) is 16.0. The van der Waals surface area contributed by atoms with E-state index in [0.717, 1.165) is 23.9 Å². The Hall–Kier alpha value is -2.55. The maximum absolute atomic E-state index is 11.1. The van der Waals surface area contributed by atoms with E-state index in [0.29, 0.717) is 5.56 Å². The lowest BCUT2D eigenvalue weighted by molar-refractivity contribution is 0.0697. The van der Waals surface area contributed by atoms with E-state index in [4.69, 9.17) is 5.11 Å². The Balaban J connectivity index is 2.04. The minimum absolute atomic E-state index is 0.336. The number of hydrogen-bond donors (Lipinski definition) is 1. The fraction of sp³-hybridized carbons (Fsp3) is 0.211. The summed E-state index contributed by atoms with van der Waals surface area (Å²) in [4.78, 5) is 11.1. The maximum Gasteiger partial charge on any atom is 0.335 e. The standard InChI is InChI=1S/C19H19NO2/c1-3-20-17(10-14-6-4-13(2)5-7-14)12-16-11-15(19(21)22)8-9-18(16)20/h4-9,11-12H,3,10H2,1-2H3,(H,21,22). The molecule has 0 aliphatic heterocycles. The van der Waals surface area contributed by atoms with Crippen molar-refractivity contribution in [2.24, 2.45) is 0 Å². The van der Waals surface area contributed by atoms with Crippen LogP contribution in [-0.2, 0) is 13.0 Å². The molecule has 0 spiro atoms. The Bertz CT molecular complexity index is 829. The number of aromatic carboxylic acids is 1. The van der Waals surface area contributed by atoms with Gasteiger partial charge in [-0.3, -0.25) is 0 Å². The molecule has 0 bridgehead atoms. The molecule has 3 aromatic rings. The average molecular weight is 293 g/mol. The van der Waals surface area contributed by atoms with Crippen LogP contribution in [0.4, 0.5) is 0 Å². The monoisotopic (exact) mass is 293 g/mol. The molecule has 0 saturated carbocycles. The second-order valence-electron chi connectivity index (χ2n) is 5.62. The fourth-order valence-electron chi connectivity index (χ4n) is 2.90. The summed E-state index contributed by atoms with van der Waals surface area (Å²) in [5.41, 5.74) is 5.16. The largest absolute Gasteiger partial charge is 0.478 e. The lowest BCUT2D eigenvalue weighted by Crippen LogP contribution is -2.01. The van der Waals surface area contributed by atoms with E-state index in [1.165, 1.54) is 16.8 Å². The van der Waals surface area contributed by atoms with Crippen molar-refractivity contribution in [1.82, 2.24) is 4.57 Å². The lowest BCUT2D eigenvalue weighted by Gasteiger charge is -2.08. The first kappa shape index (κ1) is 14.4. The average Bonchev–Trinajstić information content (AvgIpc) is 2.85. The van der Waals surface area contributed by atoms with Crippen molar-refractivity contribution >= 4 is 16.9 Å². The Morgan fingerprint density at radius 2 is 1.82 bits per heavy atom. The van der Waals surface area contributed by atoms with Gasteiger partial charge in [0.15, 0.2) is 0 Å². The number of fused-ring (bicyclic) bond motifs is 1. The Morgan fingerprint density at radius 1 is 1.09 bits per heavy atom. The van der Waals surface area contributed by atoms with E-state index < -0.39 is 5.97 Å². The third-order valence-corrected chi connectivity index (χ3v) is 4.06. The molecule has 0 aliphatic carbocycles. The summed E-state index contributed by atoms with van der Waals surface area (Å²) in [6.45, 7) is 5.07. The van der Waals surface area contributed by atoms with Crippen LogP contribution >= 0.6 is 0 Å². The summed E-state index contributed by atoms with van der Waals surface area (Å²) < 4.78 is 2.25. The van der Waals surface area contributed by atoms with Gasteiger partial charge in [-0.25, -0.2) is 4.79 Å². The van der Waals surface area contributed by atoms with E-state index in [1.807, 2.05) is 6.07 Å². The third kappa shape index (κ3) is 2.62. The zero-order valence-electron chi connectivity index (χ0n) is 12.8. The lowest BCUT2D eigenvalue weighted by atomic mass is 10.1. The first-order valence-corrected chi connectivity index (χ1v) is 7.49. The maximum atomic E-state index is 11.1. The predicted molar refractivity (Wildman–Crippen MR) is 88.6 cm³/mol. The molecule has 0 amide bonds. The molecule has 22 heavy (non-hydrogen) atoms. The Labute approximate surface area is 129 Å². The highest BCUT2D eigenvalue weighted by Crippen LogP contribution is 2.23. The van der Waals surface area contributed by atoms with Gasteiger partial charge >= 0.3 is 5.97 Å². The van der Waals surface area contributed by atoms with Gasteiger partial charge in [-0.2, -0.15) is 0 Å². The molecule has 1 heterocycles. The number of carboxylic acids is 1. The summed E-state index contributed by atoms with van der Waals surface area (Å²) in [5.74, 6) is -0.883. The van der Waals surface area contributed by atoms with Crippen LogP contribution in [0.25, 0.3) is 10.9 Å². The van der Waals surface area contributed by atoms with Crippen molar-refractivity contribution in [3.05, 3.63) is 70.9 Å². The van der Waals surface area contributed by atoms with Crippen LogP contribution in [0.1, 0.15) is 34.1 Å². The number of carboxylic acid groups (broad SMARTS) is 1. The number of benzene rings is 2. The van der Waals surface area contributed by atoms with E-state index in [2.05, 4.69) is 48.7 Å². The molecule has 3 heteroatoms. The van der Waals surface area contributed by atoms with Gasteiger partial charge in [0.1, 0.15) is 0 Å². The molecule has 0 saturated heterocycles. The molecule has 1 N–H and O–H groups in total. The van der Waals surface area contributed by atoms with Crippen molar-refractivity contribution in [2.75, 3.05) is 0 Å². The zero-order valence-corrected chi connectivity index (χ0v) is 12.8. The molecule has 3 rings (SSSR count). The topological polar surface area (TPSA) is 42.2 Å². The van der Waals surface area contributed by atoms with Gasteiger partial charge in [0.05, 0.1) is 5.56 Å². The summed E-state index contributed by atoms with van der Waals surface area (Å²) in [7, 11) is 0. The van der Waals surface area contributed by atoms with Crippen molar-refractivity contribution in [3.8, 4) is 0 Å². The van der Waals surface area contributed by atoms with E-state index in [-0.39, 0.29) is 0 Å². The molecule has 112 valence electrons. The van der Waals surface area contributed by atoms with Crippen LogP contribution < -0.4 is 0 Å². The zero-order chi connectivity index (χ0) is 15.7. The van der Waals surface area contributed by atoms with Crippen LogP contribution in [0.3, 0.4) is 0 Å². The van der Waals surface area contributed by atoms with Crippen molar-refractivity contribution in [3.63, 3.8) is 0 Å². The van der Waals surface area contributed by atoms with Crippen molar-refractivity contribution < 1.29 is 9.90 Å². The normalized spacial score (nSPS) is 11.0. The van der Waals surface area contributed by atoms with Gasteiger partial charge in [-0.1, -0.05) is 29.8 Å². The molecular formula is C19H19NO2.